The molecule has 0 aliphatic carbocycles. The first-order valence-corrected chi connectivity index (χ1v) is 32.8. The largest absolute Gasteiger partial charge is 0.472 e. The van der Waals surface area contributed by atoms with E-state index in [2.05, 4.69) is 80.8 Å². The molecule has 3 atom stereocenters. The van der Waals surface area contributed by atoms with Crippen molar-refractivity contribution in [3.05, 3.63) is 72.9 Å². The van der Waals surface area contributed by atoms with Gasteiger partial charge in [-0.25, -0.2) is 4.57 Å². The molecule has 0 saturated heterocycles. The lowest BCUT2D eigenvalue weighted by molar-refractivity contribution is -0.870. The number of unbranched alkanes of at least 4 members (excludes halogenated alkanes) is 30. The van der Waals surface area contributed by atoms with Gasteiger partial charge in [0.1, 0.15) is 19.3 Å². The maximum absolute atomic E-state index is 13.5. The maximum Gasteiger partial charge on any atom is 0.472 e. The molecule has 0 bridgehead atoms. The second-order valence-corrected chi connectivity index (χ2v) is 23.7. The Labute approximate surface area is 463 Å². The summed E-state index contributed by atoms with van der Waals surface area (Å²) in [5.74, 6) is -0.584. The van der Waals surface area contributed by atoms with Crippen LogP contribution in [0.2, 0.25) is 0 Å². The SMILES string of the molecule is CCCCC/C=C\C/C=C\C/C=C\CCCCCCCCCCCCCCC(=O)OC(/C=C\CCCCCCCCCCC)C(COP(=O)(O)OCC[N+](C)(C)C)NC(=O)CC/C=C/C/C=C\CCCCCCCC. The number of hydrogen-bond acceptors (Lipinski definition) is 6. The fourth-order valence-corrected chi connectivity index (χ4v) is 9.50. The highest BCUT2D eigenvalue weighted by molar-refractivity contribution is 7.47. The Kier molecular flexibility index (Phi) is 52.9. The van der Waals surface area contributed by atoms with Gasteiger partial charge in [-0.05, 0) is 89.5 Å². The molecule has 1 amide bonds. The number of nitrogens with one attached hydrogen (secondary N) is 1. The Morgan fingerprint density at radius 1 is 0.467 bits per heavy atom. The molecule has 0 aliphatic heterocycles. The molecular formula is C65H120N2O7P+. The standard InChI is InChI=1S/C65H119N2O7P/c1-7-10-13-16-19-22-25-27-28-29-30-31-32-33-34-35-36-37-38-40-43-46-49-52-55-58-65(69)74-63(56-53-50-47-44-41-24-21-18-15-12-9-3)62(61-73-75(70,71)72-60-59-67(4,5)6)66-64(68)57-54-51-48-45-42-39-26-23-20-17-14-11-8-2/h19,22,27-28,30-31,39,42,48,51,53,56,62-63H,7-18,20-21,23-26,29,32-38,40-41,43-47,49-50,52,54-55,57-61H2,1-6H3,(H-,66,68,70,71)/p+1/b22-19-,28-27-,31-30-,42-39-,51-48+,56-53-. The van der Waals surface area contributed by atoms with E-state index in [9.17, 15) is 19.0 Å². The quantitative estimate of drug-likeness (QED) is 0.0205. The third-order valence-electron chi connectivity index (χ3n) is 13.6. The van der Waals surface area contributed by atoms with Crippen molar-refractivity contribution in [2.45, 2.75) is 290 Å². The average Bonchev–Trinajstić information content (AvgIpc) is 3.37. The summed E-state index contributed by atoms with van der Waals surface area (Å²) in [5, 5.41) is 3.01. The van der Waals surface area contributed by atoms with Crippen molar-refractivity contribution < 1.29 is 37.3 Å². The Bertz CT molecular complexity index is 1510. The van der Waals surface area contributed by atoms with Gasteiger partial charge in [0.2, 0.25) is 5.91 Å². The van der Waals surface area contributed by atoms with Crippen LogP contribution in [0.1, 0.15) is 278 Å². The van der Waals surface area contributed by atoms with Gasteiger partial charge in [-0.2, -0.15) is 0 Å². The minimum absolute atomic E-state index is 0.0292. The molecular weight excluding hydrogens is 952 g/mol. The van der Waals surface area contributed by atoms with Crippen LogP contribution < -0.4 is 5.32 Å². The van der Waals surface area contributed by atoms with Crippen molar-refractivity contribution in [2.75, 3.05) is 40.9 Å². The van der Waals surface area contributed by atoms with Crippen LogP contribution in [0.4, 0.5) is 0 Å². The molecule has 9 nitrogen and oxygen atoms in total. The van der Waals surface area contributed by atoms with Crippen molar-refractivity contribution in [2.24, 2.45) is 0 Å². The van der Waals surface area contributed by atoms with E-state index in [1.165, 1.54) is 173 Å². The van der Waals surface area contributed by atoms with Crippen molar-refractivity contribution in [3.63, 3.8) is 0 Å². The van der Waals surface area contributed by atoms with Crippen LogP contribution in [-0.2, 0) is 27.9 Å². The summed E-state index contributed by atoms with van der Waals surface area (Å²) < 4.78 is 30.6. The number of carbonyl (C=O) groups excluding carboxylic acids is 2. The van der Waals surface area contributed by atoms with Gasteiger partial charge in [-0.1, -0.05) is 248 Å². The first kappa shape index (κ1) is 72.5. The molecule has 0 fully saturated rings. The van der Waals surface area contributed by atoms with Gasteiger partial charge in [-0.3, -0.25) is 18.6 Å². The van der Waals surface area contributed by atoms with Crippen molar-refractivity contribution in [1.29, 1.82) is 0 Å². The van der Waals surface area contributed by atoms with Crippen LogP contribution in [0.5, 0.6) is 0 Å². The first-order chi connectivity index (χ1) is 36.4. The molecule has 3 unspecified atom stereocenters. The summed E-state index contributed by atoms with van der Waals surface area (Å²) in [6, 6.07) is -0.880. The van der Waals surface area contributed by atoms with Gasteiger partial charge in [-0.15, -0.1) is 0 Å². The van der Waals surface area contributed by atoms with Gasteiger partial charge in [0, 0.05) is 12.8 Å². The zero-order valence-electron chi connectivity index (χ0n) is 49.8. The molecule has 0 aromatic carbocycles. The normalized spacial score (nSPS) is 14.2. The number of amides is 1. The molecule has 0 rings (SSSR count). The number of quaternary nitrogens is 1. The van der Waals surface area contributed by atoms with Gasteiger partial charge < -0.3 is 19.4 Å². The van der Waals surface area contributed by atoms with E-state index in [-0.39, 0.29) is 37.9 Å². The van der Waals surface area contributed by atoms with Gasteiger partial charge in [0.15, 0.2) is 0 Å². The highest BCUT2D eigenvalue weighted by atomic mass is 31.2. The summed E-state index contributed by atoms with van der Waals surface area (Å²) in [6.07, 6.45) is 70.7. The predicted octanol–water partition coefficient (Wildman–Crippen LogP) is 19.2. The smallest absolute Gasteiger partial charge is 0.456 e. The molecule has 436 valence electrons. The number of hydrogen-bond donors (Lipinski definition) is 2. The fourth-order valence-electron chi connectivity index (χ4n) is 8.76. The summed E-state index contributed by atoms with van der Waals surface area (Å²) in [5.41, 5.74) is 0. The monoisotopic (exact) mass is 1070 g/mol. The van der Waals surface area contributed by atoms with Crippen molar-refractivity contribution >= 4 is 19.7 Å². The van der Waals surface area contributed by atoms with Gasteiger partial charge in [0.05, 0.1) is 33.8 Å². The number of nitrogens with zero attached hydrogens (tertiary/aromatic N) is 1. The molecule has 75 heavy (non-hydrogen) atoms. The van der Waals surface area contributed by atoms with Crippen LogP contribution in [0, 0.1) is 0 Å². The first-order valence-electron chi connectivity index (χ1n) is 31.3. The molecule has 2 N–H and O–H groups in total. The van der Waals surface area contributed by atoms with Crippen LogP contribution in [0.25, 0.3) is 0 Å². The van der Waals surface area contributed by atoms with E-state index >= 15 is 0 Å². The summed E-state index contributed by atoms with van der Waals surface area (Å²) in [7, 11) is 1.46. The van der Waals surface area contributed by atoms with Crippen LogP contribution in [0.15, 0.2) is 72.9 Å². The number of carbonyl (C=O) groups is 2. The molecule has 0 spiro atoms. The fraction of sp³-hybridized carbons (Fsp3) is 0.785. The number of phosphoric ester groups is 1. The molecule has 10 heteroatoms. The average molecular weight is 1070 g/mol. The van der Waals surface area contributed by atoms with Gasteiger partial charge in [0.25, 0.3) is 0 Å². The highest BCUT2D eigenvalue weighted by Crippen LogP contribution is 2.43. The number of rotatable bonds is 56. The lowest BCUT2D eigenvalue weighted by Gasteiger charge is -2.27. The summed E-state index contributed by atoms with van der Waals surface area (Å²) >= 11 is 0. The van der Waals surface area contributed by atoms with Crippen molar-refractivity contribution in [3.8, 4) is 0 Å². The Hall–Kier alpha value is -2.55. The Morgan fingerprint density at radius 3 is 1.27 bits per heavy atom. The number of phosphoric acid groups is 1. The minimum atomic E-state index is -4.46. The molecule has 0 aromatic rings. The number of allylic oxidation sites excluding steroid dienone is 11. The number of likely N-dealkylation sites (N-methyl/N-ethyl adjacent to an activating group) is 1. The lowest BCUT2D eigenvalue weighted by atomic mass is 10.0. The van der Waals surface area contributed by atoms with Crippen LogP contribution in [-0.4, -0.2) is 74.3 Å². The molecule has 0 saturated carbocycles. The topological polar surface area (TPSA) is 111 Å². The molecule has 0 aliphatic rings. The Balaban J connectivity index is 5.13. The van der Waals surface area contributed by atoms with Crippen molar-refractivity contribution in [1.82, 2.24) is 5.32 Å². The third kappa shape index (κ3) is 56.0. The van der Waals surface area contributed by atoms with E-state index in [0.29, 0.717) is 17.4 Å². The zero-order valence-corrected chi connectivity index (χ0v) is 50.7. The van der Waals surface area contributed by atoms with E-state index in [1.54, 1.807) is 0 Å². The maximum atomic E-state index is 13.5. The minimum Gasteiger partial charge on any atom is -0.456 e. The van der Waals surface area contributed by atoms with E-state index < -0.39 is 20.0 Å². The molecule has 0 radical (unpaired) electrons. The molecule has 0 aromatic heterocycles. The number of ether oxygens (including phenoxy) is 1. The highest BCUT2D eigenvalue weighted by Gasteiger charge is 2.30. The zero-order chi connectivity index (χ0) is 55.0. The second kappa shape index (κ2) is 54.8. The van der Waals surface area contributed by atoms with E-state index in [4.69, 9.17) is 13.8 Å². The van der Waals surface area contributed by atoms with E-state index in [0.717, 1.165) is 64.2 Å². The Morgan fingerprint density at radius 2 is 0.827 bits per heavy atom. The lowest BCUT2D eigenvalue weighted by Crippen LogP contribution is -2.47. The third-order valence-corrected chi connectivity index (χ3v) is 14.6. The second-order valence-electron chi connectivity index (χ2n) is 22.2. The summed E-state index contributed by atoms with van der Waals surface area (Å²) in [6.45, 7) is 6.93. The van der Waals surface area contributed by atoms with E-state index in [1.807, 2.05) is 39.4 Å². The van der Waals surface area contributed by atoms with Gasteiger partial charge >= 0.3 is 13.8 Å². The van der Waals surface area contributed by atoms with Crippen LogP contribution >= 0.6 is 7.82 Å². The number of esters is 1. The molecule has 0 heterocycles. The van der Waals surface area contributed by atoms with Crippen LogP contribution in [0.3, 0.4) is 0 Å². The summed E-state index contributed by atoms with van der Waals surface area (Å²) in [4.78, 5) is 37.6. The predicted molar refractivity (Wildman–Crippen MR) is 323 cm³/mol.